The average Bonchev–Trinajstić information content (AvgIpc) is 2.17. The van der Waals surface area contributed by atoms with Gasteiger partial charge in [0.15, 0.2) is 4.77 Å². The molecule has 0 fully saturated rings. The molecular formula is C10H15N3S. The van der Waals surface area contributed by atoms with Gasteiger partial charge in [0.1, 0.15) is 0 Å². The fourth-order valence-corrected chi connectivity index (χ4v) is 2.08. The van der Waals surface area contributed by atoms with Crippen LogP contribution in [0.3, 0.4) is 0 Å². The zero-order valence-electron chi connectivity index (χ0n) is 8.42. The van der Waals surface area contributed by atoms with Gasteiger partial charge in [-0.2, -0.15) is 0 Å². The quantitative estimate of drug-likeness (QED) is 0.755. The predicted molar refractivity (Wildman–Crippen MR) is 58.7 cm³/mol. The number of fused-ring (bicyclic) bond motifs is 1. The van der Waals surface area contributed by atoms with Crippen LogP contribution >= 0.6 is 12.2 Å². The molecule has 76 valence electrons. The van der Waals surface area contributed by atoms with E-state index in [1.165, 1.54) is 24.2 Å². The SMILES string of the molecule is CCCN1CCc2cnc(=S)[nH]c2C1. The summed E-state index contributed by atoms with van der Waals surface area (Å²) in [7, 11) is 0. The molecule has 0 spiro atoms. The van der Waals surface area contributed by atoms with Crippen molar-refractivity contribution in [1.29, 1.82) is 0 Å². The second kappa shape index (κ2) is 4.19. The van der Waals surface area contributed by atoms with Crippen LogP contribution in [0.2, 0.25) is 0 Å². The first-order valence-electron chi connectivity index (χ1n) is 5.09. The highest BCUT2D eigenvalue weighted by atomic mass is 32.1. The summed E-state index contributed by atoms with van der Waals surface area (Å²) in [5.74, 6) is 0. The molecule has 2 heterocycles. The van der Waals surface area contributed by atoms with Gasteiger partial charge < -0.3 is 4.98 Å². The summed E-state index contributed by atoms with van der Waals surface area (Å²) in [6, 6.07) is 0. The Kier molecular flexibility index (Phi) is 2.93. The van der Waals surface area contributed by atoms with Gasteiger partial charge in [-0.1, -0.05) is 6.92 Å². The smallest absolute Gasteiger partial charge is 0.196 e. The summed E-state index contributed by atoms with van der Waals surface area (Å²) in [4.78, 5) is 9.73. The first kappa shape index (κ1) is 9.80. The van der Waals surface area contributed by atoms with Crippen LogP contribution in [0.1, 0.15) is 24.6 Å². The summed E-state index contributed by atoms with van der Waals surface area (Å²) in [6.45, 7) is 5.52. The van der Waals surface area contributed by atoms with Gasteiger partial charge in [-0.15, -0.1) is 0 Å². The highest BCUT2D eigenvalue weighted by Gasteiger charge is 2.15. The third kappa shape index (κ3) is 2.01. The standard InChI is InChI=1S/C10H15N3S/c1-2-4-13-5-3-8-6-11-10(14)12-9(8)7-13/h6H,2-5,7H2,1H3,(H,11,12,14). The van der Waals surface area contributed by atoms with Crippen LogP contribution in [0, 0.1) is 4.77 Å². The van der Waals surface area contributed by atoms with E-state index in [1.54, 1.807) is 0 Å². The maximum absolute atomic E-state index is 5.02. The van der Waals surface area contributed by atoms with E-state index in [-0.39, 0.29) is 0 Å². The molecule has 1 aliphatic heterocycles. The van der Waals surface area contributed by atoms with E-state index >= 15 is 0 Å². The lowest BCUT2D eigenvalue weighted by Gasteiger charge is -2.27. The number of H-pyrrole nitrogens is 1. The molecule has 0 aromatic carbocycles. The third-order valence-corrected chi connectivity index (χ3v) is 2.81. The summed E-state index contributed by atoms with van der Waals surface area (Å²) in [6.07, 6.45) is 4.22. The highest BCUT2D eigenvalue weighted by molar-refractivity contribution is 7.71. The van der Waals surface area contributed by atoms with Crippen LogP contribution in [0.25, 0.3) is 0 Å². The molecular weight excluding hydrogens is 194 g/mol. The van der Waals surface area contributed by atoms with Gasteiger partial charge in [-0.3, -0.25) is 4.90 Å². The predicted octanol–water partition coefficient (Wildman–Crippen LogP) is 1.91. The average molecular weight is 209 g/mol. The van der Waals surface area contributed by atoms with Gasteiger partial charge in [-0.05, 0) is 37.2 Å². The minimum Gasteiger partial charge on any atom is -0.333 e. The summed E-state index contributed by atoms with van der Waals surface area (Å²) < 4.78 is 0.599. The lowest BCUT2D eigenvalue weighted by molar-refractivity contribution is 0.250. The zero-order chi connectivity index (χ0) is 9.97. The van der Waals surface area contributed by atoms with Crippen LogP contribution < -0.4 is 0 Å². The molecule has 0 aliphatic carbocycles. The topological polar surface area (TPSA) is 31.9 Å². The van der Waals surface area contributed by atoms with Crippen LogP contribution in [-0.4, -0.2) is 28.0 Å². The molecule has 0 amide bonds. The molecule has 0 radical (unpaired) electrons. The van der Waals surface area contributed by atoms with E-state index in [9.17, 15) is 0 Å². The number of nitrogens with one attached hydrogen (secondary N) is 1. The van der Waals surface area contributed by atoms with E-state index < -0.39 is 0 Å². The Balaban J connectivity index is 2.20. The Bertz CT molecular complexity index is 372. The van der Waals surface area contributed by atoms with E-state index in [1.807, 2.05) is 6.20 Å². The monoisotopic (exact) mass is 209 g/mol. The molecule has 4 heteroatoms. The molecule has 14 heavy (non-hydrogen) atoms. The third-order valence-electron chi connectivity index (χ3n) is 2.60. The highest BCUT2D eigenvalue weighted by Crippen LogP contribution is 2.15. The van der Waals surface area contributed by atoms with Gasteiger partial charge in [0.2, 0.25) is 0 Å². The van der Waals surface area contributed by atoms with Gasteiger partial charge in [0, 0.05) is 25.0 Å². The van der Waals surface area contributed by atoms with Crippen LogP contribution in [0.4, 0.5) is 0 Å². The minimum absolute atomic E-state index is 0.599. The molecule has 1 N–H and O–H groups in total. The van der Waals surface area contributed by atoms with Gasteiger partial charge in [0.25, 0.3) is 0 Å². The normalized spacial score (nSPS) is 16.6. The Morgan fingerprint density at radius 1 is 1.64 bits per heavy atom. The number of nitrogens with zero attached hydrogens (tertiary/aromatic N) is 2. The second-order valence-corrected chi connectivity index (χ2v) is 4.10. The Morgan fingerprint density at radius 2 is 2.50 bits per heavy atom. The van der Waals surface area contributed by atoms with Crippen molar-refractivity contribution in [3.05, 3.63) is 22.2 Å². The summed E-state index contributed by atoms with van der Waals surface area (Å²) >= 11 is 5.02. The number of hydrogen-bond donors (Lipinski definition) is 1. The Morgan fingerprint density at radius 3 is 3.29 bits per heavy atom. The van der Waals surface area contributed by atoms with Gasteiger partial charge in [-0.25, -0.2) is 4.98 Å². The van der Waals surface area contributed by atoms with Crippen LogP contribution in [-0.2, 0) is 13.0 Å². The Labute approximate surface area is 89.2 Å². The second-order valence-electron chi connectivity index (χ2n) is 3.72. The lowest BCUT2D eigenvalue weighted by atomic mass is 10.1. The van der Waals surface area contributed by atoms with Crippen molar-refractivity contribution >= 4 is 12.2 Å². The molecule has 0 saturated heterocycles. The molecule has 1 aromatic rings. The largest absolute Gasteiger partial charge is 0.333 e. The number of hydrogen-bond acceptors (Lipinski definition) is 3. The van der Waals surface area contributed by atoms with Gasteiger partial charge >= 0.3 is 0 Å². The van der Waals surface area contributed by atoms with E-state index in [4.69, 9.17) is 12.2 Å². The van der Waals surface area contributed by atoms with Crippen molar-refractivity contribution in [2.24, 2.45) is 0 Å². The molecule has 0 bridgehead atoms. The van der Waals surface area contributed by atoms with Crippen molar-refractivity contribution in [3.63, 3.8) is 0 Å². The summed E-state index contributed by atoms with van der Waals surface area (Å²) in [5, 5.41) is 0. The maximum atomic E-state index is 5.02. The van der Waals surface area contributed by atoms with E-state index in [2.05, 4.69) is 21.8 Å². The van der Waals surface area contributed by atoms with Crippen molar-refractivity contribution < 1.29 is 0 Å². The minimum atomic E-state index is 0.599. The molecule has 0 saturated carbocycles. The summed E-state index contributed by atoms with van der Waals surface area (Å²) in [5.41, 5.74) is 2.58. The van der Waals surface area contributed by atoms with Crippen LogP contribution in [0.5, 0.6) is 0 Å². The molecule has 1 aliphatic rings. The van der Waals surface area contributed by atoms with Crippen molar-refractivity contribution in [3.8, 4) is 0 Å². The van der Waals surface area contributed by atoms with Crippen molar-refractivity contribution in [2.75, 3.05) is 13.1 Å². The van der Waals surface area contributed by atoms with Crippen LogP contribution in [0.15, 0.2) is 6.20 Å². The number of aromatic nitrogens is 2. The fraction of sp³-hybridized carbons (Fsp3) is 0.600. The van der Waals surface area contributed by atoms with Crippen molar-refractivity contribution in [2.45, 2.75) is 26.3 Å². The fourth-order valence-electron chi connectivity index (χ4n) is 1.90. The van der Waals surface area contributed by atoms with Crippen molar-refractivity contribution in [1.82, 2.24) is 14.9 Å². The number of aromatic amines is 1. The molecule has 0 atom stereocenters. The lowest BCUT2D eigenvalue weighted by Crippen LogP contribution is -2.31. The zero-order valence-corrected chi connectivity index (χ0v) is 9.23. The molecule has 1 aromatic heterocycles. The maximum Gasteiger partial charge on any atom is 0.196 e. The first-order chi connectivity index (χ1) is 6.79. The van der Waals surface area contributed by atoms with Gasteiger partial charge in [0.05, 0.1) is 0 Å². The van der Waals surface area contributed by atoms with E-state index in [0.717, 1.165) is 19.5 Å². The Hall–Kier alpha value is -0.740. The van der Waals surface area contributed by atoms with E-state index in [0.29, 0.717) is 4.77 Å². The number of rotatable bonds is 2. The first-order valence-corrected chi connectivity index (χ1v) is 5.50. The molecule has 2 rings (SSSR count). The molecule has 3 nitrogen and oxygen atoms in total. The molecule has 0 unspecified atom stereocenters.